The van der Waals surface area contributed by atoms with Crippen LogP contribution in [0, 0.1) is 0 Å². The minimum absolute atomic E-state index is 0. The van der Waals surface area contributed by atoms with Gasteiger partial charge >= 0.3 is 90.3 Å². The Labute approximate surface area is 110 Å². The van der Waals surface area contributed by atoms with Gasteiger partial charge < -0.3 is 0 Å². The van der Waals surface area contributed by atoms with Crippen molar-refractivity contribution in [3.63, 3.8) is 0 Å². The van der Waals surface area contributed by atoms with Crippen molar-refractivity contribution in [2.24, 2.45) is 0 Å². The number of rotatable bonds is 0. The summed E-state index contributed by atoms with van der Waals surface area (Å²) in [5.41, 5.74) is 0. The first-order chi connectivity index (χ1) is 0. The summed E-state index contributed by atoms with van der Waals surface area (Å²) in [6, 6.07) is 0. The Morgan fingerprint density at radius 3 is 1.00 bits per heavy atom. The number of halogens is 1. The van der Waals surface area contributed by atoms with Gasteiger partial charge in [-0.1, -0.05) is 0 Å². The standard InChI is InChI=1S/Ca.ClH.Mg.Na.H3P.5H/h;1H;;;1H3;;;;;. The first-order valence-corrected chi connectivity index (χ1v) is 0. The van der Waals surface area contributed by atoms with E-state index in [0.717, 1.165) is 0 Å². The second kappa shape index (κ2) is 25.1. The van der Waals surface area contributed by atoms with Gasteiger partial charge in [-0.2, -0.15) is 9.90 Å². The molecule has 0 aliphatic rings. The van der Waals surface area contributed by atoms with Gasteiger partial charge in [0.05, 0.1) is 0 Å². The van der Waals surface area contributed by atoms with Gasteiger partial charge in [-0.25, -0.2) is 0 Å². The first kappa shape index (κ1) is 37.4. The van der Waals surface area contributed by atoms with Gasteiger partial charge in [-0.15, -0.1) is 12.4 Å². The maximum absolute atomic E-state index is 0. The molecule has 0 saturated carbocycles. The van der Waals surface area contributed by atoms with Crippen LogP contribution in [0.5, 0.6) is 0 Å². The fraction of sp³-hybridized carbons (Fsp3) is 0. The van der Waals surface area contributed by atoms with E-state index in [4.69, 9.17) is 0 Å². The molecule has 5 heteroatoms. The van der Waals surface area contributed by atoms with E-state index in [1.54, 1.807) is 0 Å². The van der Waals surface area contributed by atoms with E-state index in [2.05, 4.69) is 0 Å². The average Bonchev–Trinajstić information content (AvgIpc) is 0. The monoisotopic (exact) mass is 162 g/mol. The summed E-state index contributed by atoms with van der Waals surface area (Å²) in [4.78, 5) is 0. The van der Waals surface area contributed by atoms with Gasteiger partial charge in [-0.3, -0.25) is 0 Å². The third-order valence-electron chi connectivity index (χ3n) is 0. The molecule has 0 amide bonds. The van der Waals surface area contributed by atoms with Crippen molar-refractivity contribution in [3.05, 3.63) is 0 Å². The van der Waals surface area contributed by atoms with Crippen LogP contribution in [0.15, 0.2) is 0 Å². The van der Waals surface area contributed by atoms with E-state index >= 15 is 0 Å². The maximum atomic E-state index is 0. The van der Waals surface area contributed by atoms with Crippen LogP contribution in [0.25, 0.3) is 0 Å². The molecule has 0 rings (SSSR count). The number of hydrogen-bond acceptors (Lipinski definition) is 0. The molecule has 0 aromatic rings. The molecule has 1 unspecified atom stereocenters. The fourth-order valence-electron chi connectivity index (χ4n) is 0. The average molecular weight is 163 g/mol. The molecule has 0 heterocycles. The van der Waals surface area contributed by atoms with Crippen molar-refractivity contribution in [2.75, 3.05) is 0 Å². The van der Waals surface area contributed by atoms with Crippen molar-refractivity contribution in [2.45, 2.75) is 0 Å². The summed E-state index contributed by atoms with van der Waals surface area (Å²) in [6.07, 6.45) is 0. The summed E-state index contributed by atoms with van der Waals surface area (Å²) in [5, 5.41) is 0. The van der Waals surface area contributed by atoms with Gasteiger partial charge in [0, 0.05) is 0 Å². The normalized spacial score (nSPS) is 0. The fourth-order valence-corrected chi connectivity index (χ4v) is 0. The zero-order valence-corrected chi connectivity index (χ0v) is 3.35. The van der Waals surface area contributed by atoms with Crippen molar-refractivity contribution in [1.29, 1.82) is 0 Å². The van der Waals surface area contributed by atoms with Crippen LogP contribution in [0.1, 0.15) is 0 Å². The molecule has 0 aromatic carbocycles. The molecule has 5 heavy (non-hydrogen) atoms. The Kier molecular flexibility index (Phi) is 188. The van der Waals surface area contributed by atoms with Crippen LogP contribution < -0.4 is 0 Å². The van der Waals surface area contributed by atoms with E-state index in [1.165, 1.54) is 0 Å². The second-order valence-electron chi connectivity index (χ2n) is 0. The molecule has 0 radical (unpaired) electrons. The molecule has 1 atom stereocenters. The van der Waals surface area contributed by atoms with Gasteiger partial charge in [0.1, 0.15) is 0 Å². The molecule has 0 aromatic heterocycles. The molecule has 0 saturated heterocycles. The van der Waals surface area contributed by atoms with E-state index in [0.29, 0.717) is 0 Å². The van der Waals surface area contributed by atoms with Crippen LogP contribution in [0.2, 0.25) is 0 Å². The van der Waals surface area contributed by atoms with Gasteiger partial charge in [-0.05, 0) is 0 Å². The molecule has 0 fully saturated rings. The predicted octanol–water partition coefficient (Wildman–Crippen LogP) is -2.00. The Balaban J connectivity index is 0. The van der Waals surface area contributed by atoms with Crippen LogP contribution in [0.3, 0.4) is 0 Å². The summed E-state index contributed by atoms with van der Waals surface area (Å²) < 4.78 is 0. The summed E-state index contributed by atoms with van der Waals surface area (Å²) in [5.74, 6) is 0. The third kappa shape index (κ3) is 18.2. The molecule has 0 bridgehead atoms. The van der Waals surface area contributed by atoms with Gasteiger partial charge in [0.25, 0.3) is 0 Å². The third-order valence-corrected chi connectivity index (χ3v) is 0. The van der Waals surface area contributed by atoms with Crippen molar-refractivity contribution in [1.82, 2.24) is 0 Å². The zero-order valence-electron chi connectivity index (χ0n) is 1.12. The number of hydrogen-bond donors (Lipinski definition) is 0. The Bertz CT molecular complexity index is 11.6. The van der Waals surface area contributed by atoms with E-state index in [9.17, 15) is 0 Å². The summed E-state index contributed by atoms with van der Waals surface area (Å²) in [7, 11) is 0. The molecule has 0 aliphatic heterocycles. The zero-order chi connectivity index (χ0) is 0. The molecule has 0 nitrogen and oxygen atoms in total. The van der Waals surface area contributed by atoms with E-state index in [1.807, 2.05) is 0 Å². The minimum atomic E-state index is 0. The van der Waals surface area contributed by atoms with E-state index in [-0.39, 0.29) is 113 Å². The molecule has 26 valence electrons. The summed E-state index contributed by atoms with van der Waals surface area (Å²) >= 11 is 0. The molecular weight excluding hydrogens is 154 g/mol. The van der Waals surface area contributed by atoms with Crippen molar-refractivity contribution >= 4 is 113 Å². The molecule has 0 N–H and O–H groups in total. The Morgan fingerprint density at radius 2 is 1.00 bits per heavy atom. The summed E-state index contributed by atoms with van der Waals surface area (Å²) in [6.45, 7) is 0. The Morgan fingerprint density at radius 1 is 1.00 bits per heavy atom. The molecule has 0 spiro atoms. The van der Waals surface area contributed by atoms with Gasteiger partial charge in [0.15, 0.2) is 0 Å². The van der Waals surface area contributed by atoms with Crippen LogP contribution in [-0.2, 0) is 0 Å². The SMILES string of the molecule is Cl.P.[CaH2].[MgH2].[NaH]. The quantitative estimate of drug-likeness (QED) is 0.286. The van der Waals surface area contributed by atoms with Gasteiger partial charge in [0.2, 0.25) is 0 Å². The second-order valence-corrected chi connectivity index (χ2v) is 0. The van der Waals surface area contributed by atoms with Crippen molar-refractivity contribution < 1.29 is 0 Å². The Hall–Kier alpha value is 3.75. The molecule has 0 aliphatic carbocycles. The molecular formula is H9CaClMgNaP. The first-order valence-electron chi connectivity index (χ1n) is 0. The van der Waals surface area contributed by atoms with E-state index < -0.39 is 0 Å². The van der Waals surface area contributed by atoms with Crippen molar-refractivity contribution in [3.8, 4) is 0 Å². The van der Waals surface area contributed by atoms with Crippen LogP contribution >= 0.6 is 22.3 Å². The van der Waals surface area contributed by atoms with Crippen LogP contribution in [-0.4, -0.2) is 90.3 Å². The topological polar surface area (TPSA) is 0 Å². The predicted molar refractivity (Wildman–Crippen MR) is 42.6 cm³/mol. The van der Waals surface area contributed by atoms with Crippen LogP contribution in [0.4, 0.5) is 0 Å².